The third-order valence-electron chi connectivity index (χ3n) is 4.83. The van der Waals surface area contributed by atoms with E-state index in [2.05, 4.69) is 16.4 Å². The zero-order valence-corrected chi connectivity index (χ0v) is 15.6. The lowest BCUT2D eigenvalue weighted by Gasteiger charge is -2.21. The Kier molecular flexibility index (Phi) is 4.97. The Morgan fingerprint density at radius 3 is 2.22 bits per heavy atom. The summed E-state index contributed by atoms with van der Waals surface area (Å²) in [5.74, 6) is -0.166. The molecule has 0 bridgehead atoms. The molecule has 1 N–H and O–H groups in total. The van der Waals surface area contributed by atoms with E-state index in [0.29, 0.717) is 0 Å². The van der Waals surface area contributed by atoms with Gasteiger partial charge in [0.1, 0.15) is 12.1 Å². The zero-order valence-electron chi connectivity index (χ0n) is 14.8. The average molecular weight is 378 g/mol. The maximum Gasteiger partial charge on any atom is 0.152 e. The summed E-state index contributed by atoms with van der Waals surface area (Å²) in [5.41, 5.74) is 4.22. The van der Waals surface area contributed by atoms with Crippen molar-refractivity contribution in [3.05, 3.63) is 102 Å². The van der Waals surface area contributed by atoms with Crippen LogP contribution in [-0.2, 0) is 11.2 Å². The lowest BCUT2D eigenvalue weighted by molar-refractivity contribution is 0.600. The number of rotatable bonds is 4. The van der Waals surface area contributed by atoms with Crippen LogP contribution in [0.3, 0.4) is 0 Å². The molecule has 27 heavy (non-hydrogen) atoms. The molecule has 0 saturated heterocycles. The summed E-state index contributed by atoms with van der Waals surface area (Å²) >= 11 is -0.997. The van der Waals surface area contributed by atoms with Gasteiger partial charge in [-0.15, -0.1) is 0 Å². The summed E-state index contributed by atoms with van der Waals surface area (Å²) in [7, 11) is 0. The van der Waals surface area contributed by atoms with Gasteiger partial charge in [-0.3, -0.25) is 4.98 Å². The number of nitrogens with one attached hydrogen (secondary N) is 1. The highest BCUT2D eigenvalue weighted by atomic mass is 32.2. The molecule has 1 aromatic heterocycles. The van der Waals surface area contributed by atoms with Crippen LogP contribution in [0.15, 0.2) is 84.0 Å². The van der Waals surface area contributed by atoms with Crippen LogP contribution in [0.1, 0.15) is 28.7 Å². The standard InChI is InChI=1S/C22H19FN2OS/c1-27(26)19-8-4-16(5-9-19)21-14-20(15-2-6-18(23)7-3-15)22(25-21)17-10-12-24-13-11-17/h2-14,20,22,25H,1H3. The van der Waals surface area contributed by atoms with Gasteiger partial charge in [-0.05, 0) is 76.4 Å². The van der Waals surface area contributed by atoms with Crippen molar-refractivity contribution in [2.45, 2.75) is 16.9 Å². The van der Waals surface area contributed by atoms with Gasteiger partial charge in [0, 0.05) is 24.0 Å². The molecule has 0 saturated carbocycles. The molecule has 5 heteroatoms. The summed E-state index contributed by atoms with van der Waals surface area (Å²) in [6, 6.07) is 18.4. The Morgan fingerprint density at radius 1 is 0.926 bits per heavy atom. The molecule has 3 unspecified atom stereocenters. The van der Waals surface area contributed by atoms with Gasteiger partial charge in [-0.1, -0.05) is 18.2 Å². The van der Waals surface area contributed by atoms with Gasteiger partial charge in [0.25, 0.3) is 0 Å². The second-order valence-electron chi connectivity index (χ2n) is 6.54. The maximum atomic E-state index is 13.4. The van der Waals surface area contributed by atoms with Crippen LogP contribution < -0.4 is 5.32 Å². The molecule has 1 aliphatic heterocycles. The molecular weight excluding hydrogens is 359 g/mol. The van der Waals surface area contributed by atoms with Crippen molar-refractivity contribution < 1.29 is 8.94 Å². The number of pyridine rings is 1. The van der Waals surface area contributed by atoms with E-state index in [-0.39, 0.29) is 17.8 Å². The van der Waals surface area contributed by atoms with Gasteiger partial charge in [0.15, 0.2) is 4.90 Å². The fraction of sp³-hybridized carbons (Fsp3) is 0.136. The first-order chi connectivity index (χ1) is 13.1. The Labute approximate surface area is 161 Å². The van der Waals surface area contributed by atoms with Crippen molar-refractivity contribution in [2.75, 3.05) is 6.26 Å². The molecular formula is C22H19FN2OS. The molecule has 0 radical (unpaired) electrons. The molecule has 1 aliphatic rings. The first kappa shape index (κ1) is 17.8. The van der Waals surface area contributed by atoms with Gasteiger partial charge in [-0.25, -0.2) is 4.39 Å². The maximum absolute atomic E-state index is 13.4. The fourth-order valence-electron chi connectivity index (χ4n) is 3.42. The summed E-state index contributed by atoms with van der Waals surface area (Å²) in [4.78, 5) is 4.91. The van der Waals surface area contributed by atoms with Crippen molar-refractivity contribution in [1.82, 2.24) is 10.3 Å². The Hall–Kier alpha value is -2.63. The highest BCUT2D eigenvalue weighted by Gasteiger charge is 2.30. The van der Waals surface area contributed by atoms with Gasteiger partial charge in [0.05, 0.1) is 6.04 Å². The Balaban J connectivity index is 1.70. The predicted molar refractivity (Wildman–Crippen MR) is 106 cm³/mol. The first-order valence-corrected chi connectivity index (χ1v) is 10.3. The quantitative estimate of drug-likeness (QED) is 0.684. The smallest absolute Gasteiger partial charge is 0.152 e. The molecule has 0 fully saturated rings. The molecule has 0 spiro atoms. The van der Waals surface area contributed by atoms with Crippen LogP contribution in [-0.4, -0.2) is 15.8 Å². The van der Waals surface area contributed by atoms with Crippen LogP contribution in [0.5, 0.6) is 0 Å². The molecule has 2 heterocycles. The van der Waals surface area contributed by atoms with E-state index < -0.39 is 11.2 Å². The number of nitrogens with zero attached hydrogens (tertiary/aromatic N) is 1. The number of hydrogen-bond acceptors (Lipinski definition) is 3. The molecule has 0 amide bonds. The van der Waals surface area contributed by atoms with E-state index in [1.165, 1.54) is 12.1 Å². The van der Waals surface area contributed by atoms with E-state index in [1.54, 1.807) is 18.6 Å². The number of halogens is 1. The normalized spacial score (nSPS) is 20.0. The molecule has 0 aliphatic carbocycles. The predicted octanol–water partition coefficient (Wildman–Crippen LogP) is 4.43. The Bertz CT molecular complexity index is 940. The summed E-state index contributed by atoms with van der Waals surface area (Å²) < 4.78 is 25.0. The largest absolute Gasteiger partial charge is 0.612 e. The lowest BCUT2D eigenvalue weighted by Crippen LogP contribution is -2.18. The Morgan fingerprint density at radius 2 is 1.59 bits per heavy atom. The van der Waals surface area contributed by atoms with Gasteiger partial charge >= 0.3 is 0 Å². The van der Waals surface area contributed by atoms with Crippen LogP contribution >= 0.6 is 0 Å². The fourth-order valence-corrected chi connectivity index (χ4v) is 3.94. The van der Waals surface area contributed by atoms with E-state index in [9.17, 15) is 8.94 Å². The third kappa shape index (κ3) is 3.75. The monoisotopic (exact) mass is 378 g/mol. The molecule has 3 nitrogen and oxygen atoms in total. The third-order valence-corrected chi connectivity index (χ3v) is 5.77. The summed E-state index contributed by atoms with van der Waals surface area (Å²) in [6.07, 6.45) is 7.41. The molecule has 3 atom stereocenters. The van der Waals surface area contributed by atoms with E-state index in [0.717, 1.165) is 27.3 Å². The molecule has 3 aromatic rings. The van der Waals surface area contributed by atoms with E-state index >= 15 is 0 Å². The van der Waals surface area contributed by atoms with E-state index in [1.807, 2.05) is 48.5 Å². The zero-order chi connectivity index (χ0) is 18.8. The number of aromatic nitrogens is 1. The van der Waals surface area contributed by atoms with Crippen molar-refractivity contribution in [3.63, 3.8) is 0 Å². The van der Waals surface area contributed by atoms with Gasteiger partial charge < -0.3 is 9.87 Å². The number of benzene rings is 2. The molecule has 136 valence electrons. The topological polar surface area (TPSA) is 48.0 Å². The van der Waals surface area contributed by atoms with Crippen LogP contribution in [0.2, 0.25) is 0 Å². The summed E-state index contributed by atoms with van der Waals surface area (Å²) in [6.45, 7) is 0. The first-order valence-electron chi connectivity index (χ1n) is 8.69. The highest BCUT2D eigenvalue weighted by Crippen LogP contribution is 2.40. The van der Waals surface area contributed by atoms with Gasteiger partial charge in [-0.2, -0.15) is 0 Å². The van der Waals surface area contributed by atoms with Crippen LogP contribution in [0, 0.1) is 5.82 Å². The summed E-state index contributed by atoms with van der Waals surface area (Å²) in [5, 5.41) is 3.60. The molecule has 4 rings (SSSR count). The second kappa shape index (κ2) is 7.55. The average Bonchev–Trinajstić information content (AvgIpc) is 3.15. The van der Waals surface area contributed by atoms with Crippen molar-refractivity contribution in [3.8, 4) is 0 Å². The minimum absolute atomic E-state index is 0.0356. The molecule has 2 aromatic carbocycles. The SMILES string of the molecule is C[S+]([O-])c1ccc(C2=CC(c3ccc(F)cc3)C(c3ccncc3)N2)cc1. The second-order valence-corrected chi connectivity index (χ2v) is 7.92. The lowest BCUT2D eigenvalue weighted by atomic mass is 9.89. The van der Waals surface area contributed by atoms with E-state index in [4.69, 9.17) is 0 Å². The van der Waals surface area contributed by atoms with Gasteiger partial charge in [0.2, 0.25) is 0 Å². The van der Waals surface area contributed by atoms with Crippen molar-refractivity contribution >= 4 is 16.9 Å². The minimum Gasteiger partial charge on any atom is -0.612 e. The van der Waals surface area contributed by atoms with Crippen molar-refractivity contribution in [2.24, 2.45) is 0 Å². The number of hydrogen-bond donors (Lipinski definition) is 1. The highest BCUT2D eigenvalue weighted by molar-refractivity contribution is 7.90. The van der Waals surface area contributed by atoms with Crippen LogP contribution in [0.25, 0.3) is 5.70 Å². The van der Waals surface area contributed by atoms with Crippen LogP contribution in [0.4, 0.5) is 4.39 Å². The van der Waals surface area contributed by atoms with Crippen molar-refractivity contribution in [1.29, 1.82) is 0 Å². The minimum atomic E-state index is -0.997.